The van der Waals surface area contributed by atoms with Gasteiger partial charge in [0, 0.05) is 5.56 Å². The van der Waals surface area contributed by atoms with E-state index in [1.807, 2.05) is 26.0 Å². The lowest BCUT2D eigenvalue weighted by molar-refractivity contribution is 0.332. The average Bonchev–Trinajstić information content (AvgIpc) is 2.54. The summed E-state index contributed by atoms with van der Waals surface area (Å²) in [6.45, 7) is 5.25. The molecule has 3 heteroatoms. The van der Waals surface area contributed by atoms with E-state index in [1.165, 1.54) is 0 Å². The predicted molar refractivity (Wildman–Crippen MR) is 54.8 cm³/mol. The zero-order chi connectivity index (χ0) is 10.1. The summed E-state index contributed by atoms with van der Waals surface area (Å²) in [5.41, 5.74) is 8.13. The van der Waals surface area contributed by atoms with Gasteiger partial charge < -0.3 is 15.2 Å². The van der Waals surface area contributed by atoms with Crippen molar-refractivity contribution < 1.29 is 9.47 Å². The molecule has 2 rings (SSSR count). The normalized spacial score (nSPS) is 18.9. The fourth-order valence-electron chi connectivity index (χ4n) is 1.85. The number of hydrogen-bond donors (Lipinski definition) is 1. The minimum Gasteiger partial charge on any atom is -0.494 e. The van der Waals surface area contributed by atoms with Crippen molar-refractivity contribution in [3.63, 3.8) is 0 Å². The molecule has 2 N–H and O–H groups in total. The van der Waals surface area contributed by atoms with Gasteiger partial charge in [-0.2, -0.15) is 0 Å². The van der Waals surface area contributed by atoms with E-state index in [0.29, 0.717) is 13.2 Å². The topological polar surface area (TPSA) is 44.5 Å². The van der Waals surface area contributed by atoms with Crippen molar-refractivity contribution in [3.05, 3.63) is 23.3 Å². The van der Waals surface area contributed by atoms with Crippen LogP contribution in [0.5, 0.6) is 11.5 Å². The van der Waals surface area contributed by atoms with Gasteiger partial charge in [0.2, 0.25) is 0 Å². The first kappa shape index (κ1) is 9.34. The van der Waals surface area contributed by atoms with Crippen LogP contribution in [0.15, 0.2) is 12.1 Å². The Labute approximate surface area is 83.8 Å². The van der Waals surface area contributed by atoms with Crippen LogP contribution < -0.4 is 15.2 Å². The summed E-state index contributed by atoms with van der Waals surface area (Å²) in [6.07, 6.45) is 0. The summed E-state index contributed by atoms with van der Waals surface area (Å²) in [5.74, 6) is 1.81. The lowest BCUT2D eigenvalue weighted by atomic mass is 10.0. The molecule has 0 saturated heterocycles. The zero-order valence-electron chi connectivity index (χ0n) is 8.54. The molecule has 0 spiro atoms. The number of fused-ring (bicyclic) bond motifs is 1. The maximum Gasteiger partial charge on any atom is 0.124 e. The van der Waals surface area contributed by atoms with E-state index in [4.69, 9.17) is 15.2 Å². The SMILES string of the molecule is CCOc1ccc2c(c1C)[C@H](N)CO2. The average molecular weight is 193 g/mol. The summed E-state index contributed by atoms with van der Waals surface area (Å²) >= 11 is 0. The number of nitrogens with two attached hydrogens (primary N) is 1. The molecule has 0 fully saturated rings. The lowest BCUT2D eigenvalue weighted by Crippen LogP contribution is -2.12. The fraction of sp³-hybridized carbons (Fsp3) is 0.455. The third-order valence-electron chi connectivity index (χ3n) is 2.51. The minimum absolute atomic E-state index is 0.00888. The van der Waals surface area contributed by atoms with Crippen molar-refractivity contribution in [1.29, 1.82) is 0 Å². The Hall–Kier alpha value is -1.22. The lowest BCUT2D eigenvalue weighted by Gasteiger charge is -2.11. The van der Waals surface area contributed by atoms with Crippen LogP contribution in [0.4, 0.5) is 0 Å². The number of hydrogen-bond acceptors (Lipinski definition) is 3. The molecular formula is C11H15NO2. The Morgan fingerprint density at radius 2 is 2.36 bits per heavy atom. The highest BCUT2D eigenvalue weighted by Gasteiger charge is 2.24. The Balaban J connectivity index is 2.45. The second-order valence-corrected chi connectivity index (χ2v) is 3.45. The molecule has 0 aliphatic carbocycles. The molecule has 0 amide bonds. The van der Waals surface area contributed by atoms with Gasteiger partial charge in [0.25, 0.3) is 0 Å². The number of rotatable bonds is 2. The Morgan fingerprint density at radius 1 is 1.57 bits per heavy atom. The van der Waals surface area contributed by atoms with E-state index >= 15 is 0 Å². The smallest absolute Gasteiger partial charge is 0.124 e. The zero-order valence-corrected chi connectivity index (χ0v) is 8.54. The summed E-state index contributed by atoms with van der Waals surface area (Å²) in [7, 11) is 0. The van der Waals surface area contributed by atoms with Gasteiger partial charge in [0.1, 0.15) is 18.1 Å². The molecule has 14 heavy (non-hydrogen) atoms. The van der Waals surface area contributed by atoms with Crippen molar-refractivity contribution in [2.24, 2.45) is 5.73 Å². The van der Waals surface area contributed by atoms with Crippen LogP contribution in [0.1, 0.15) is 24.1 Å². The molecule has 0 saturated carbocycles. The van der Waals surface area contributed by atoms with Gasteiger partial charge in [-0.25, -0.2) is 0 Å². The quantitative estimate of drug-likeness (QED) is 0.778. The number of benzene rings is 1. The van der Waals surface area contributed by atoms with Crippen LogP contribution in [0, 0.1) is 6.92 Å². The van der Waals surface area contributed by atoms with Gasteiger partial charge in [-0.1, -0.05) is 0 Å². The van der Waals surface area contributed by atoms with E-state index in [1.54, 1.807) is 0 Å². The van der Waals surface area contributed by atoms with Crippen LogP contribution in [0.2, 0.25) is 0 Å². The van der Waals surface area contributed by atoms with Crippen molar-refractivity contribution in [2.45, 2.75) is 19.9 Å². The molecule has 1 aromatic carbocycles. The largest absolute Gasteiger partial charge is 0.494 e. The maximum atomic E-state index is 5.93. The molecule has 1 atom stereocenters. The molecule has 0 radical (unpaired) electrons. The second-order valence-electron chi connectivity index (χ2n) is 3.45. The Morgan fingerprint density at radius 3 is 3.07 bits per heavy atom. The van der Waals surface area contributed by atoms with E-state index in [9.17, 15) is 0 Å². The third kappa shape index (κ3) is 1.34. The molecule has 0 unspecified atom stereocenters. The molecule has 76 valence electrons. The van der Waals surface area contributed by atoms with Gasteiger partial charge in [-0.15, -0.1) is 0 Å². The predicted octanol–water partition coefficient (Wildman–Crippen LogP) is 1.79. The third-order valence-corrected chi connectivity index (χ3v) is 2.51. The van der Waals surface area contributed by atoms with E-state index < -0.39 is 0 Å². The summed E-state index contributed by atoms with van der Waals surface area (Å²) < 4.78 is 10.9. The van der Waals surface area contributed by atoms with Crippen molar-refractivity contribution in [1.82, 2.24) is 0 Å². The van der Waals surface area contributed by atoms with Crippen LogP contribution >= 0.6 is 0 Å². The van der Waals surface area contributed by atoms with Gasteiger partial charge in [-0.3, -0.25) is 0 Å². The summed E-state index contributed by atoms with van der Waals surface area (Å²) in [4.78, 5) is 0. The fourth-order valence-corrected chi connectivity index (χ4v) is 1.85. The molecule has 3 nitrogen and oxygen atoms in total. The molecular weight excluding hydrogens is 178 g/mol. The van der Waals surface area contributed by atoms with Crippen molar-refractivity contribution in [2.75, 3.05) is 13.2 Å². The standard InChI is InChI=1S/C11H15NO2/c1-3-13-9-4-5-10-11(7(9)2)8(12)6-14-10/h4-5,8H,3,6,12H2,1-2H3/t8-/m1/s1. The van der Waals surface area contributed by atoms with Crippen molar-refractivity contribution in [3.8, 4) is 11.5 Å². The van der Waals surface area contributed by atoms with E-state index in [0.717, 1.165) is 22.6 Å². The first-order chi connectivity index (χ1) is 6.74. The van der Waals surface area contributed by atoms with E-state index in [2.05, 4.69) is 0 Å². The van der Waals surface area contributed by atoms with Crippen LogP contribution in [-0.2, 0) is 0 Å². The Bertz CT molecular complexity index is 349. The first-order valence-corrected chi connectivity index (χ1v) is 4.88. The van der Waals surface area contributed by atoms with Gasteiger partial charge in [0.15, 0.2) is 0 Å². The molecule has 1 aliphatic heterocycles. The number of ether oxygens (including phenoxy) is 2. The van der Waals surface area contributed by atoms with Crippen LogP contribution in [-0.4, -0.2) is 13.2 Å². The van der Waals surface area contributed by atoms with Crippen LogP contribution in [0.3, 0.4) is 0 Å². The highest BCUT2D eigenvalue weighted by Crippen LogP contribution is 2.37. The first-order valence-electron chi connectivity index (χ1n) is 4.88. The van der Waals surface area contributed by atoms with E-state index in [-0.39, 0.29) is 6.04 Å². The highest BCUT2D eigenvalue weighted by atomic mass is 16.5. The van der Waals surface area contributed by atoms with Crippen LogP contribution in [0.25, 0.3) is 0 Å². The molecule has 1 heterocycles. The summed E-state index contributed by atoms with van der Waals surface area (Å²) in [6, 6.07) is 3.86. The monoisotopic (exact) mass is 193 g/mol. The summed E-state index contributed by atoms with van der Waals surface area (Å²) in [5, 5.41) is 0. The molecule has 0 bridgehead atoms. The molecule has 1 aliphatic rings. The highest BCUT2D eigenvalue weighted by molar-refractivity contribution is 5.51. The second kappa shape index (κ2) is 3.50. The Kier molecular flexibility index (Phi) is 2.33. The molecule has 0 aromatic heterocycles. The molecule has 1 aromatic rings. The maximum absolute atomic E-state index is 5.93. The van der Waals surface area contributed by atoms with Gasteiger partial charge >= 0.3 is 0 Å². The minimum atomic E-state index is -0.00888. The van der Waals surface area contributed by atoms with Gasteiger partial charge in [0.05, 0.1) is 12.6 Å². The van der Waals surface area contributed by atoms with Crippen molar-refractivity contribution >= 4 is 0 Å². The van der Waals surface area contributed by atoms with Gasteiger partial charge in [-0.05, 0) is 31.5 Å².